The van der Waals surface area contributed by atoms with Gasteiger partial charge >= 0.3 is 6.03 Å². The average molecular weight is 301 g/mol. The fourth-order valence-corrected chi connectivity index (χ4v) is 1.88. The van der Waals surface area contributed by atoms with Crippen LogP contribution in [0.3, 0.4) is 0 Å². The second kappa shape index (κ2) is 9.44. The Labute approximate surface area is 127 Å². The van der Waals surface area contributed by atoms with Gasteiger partial charge in [0.2, 0.25) is 0 Å². The Morgan fingerprint density at radius 2 is 1.95 bits per heavy atom. The van der Waals surface area contributed by atoms with Gasteiger partial charge in [-0.05, 0) is 44.5 Å². The molecule has 0 aliphatic heterocycles. The number of carbonyl (C=O) groups is 1. The van der Waals surface area contributed by atoms with Gasteiger partial charge in [-0.2, -0.15) is 0 Å². The summed E-state index contributed by atoms with van der Waals surface area (Å²) in [6, 6.07) is 5.76. The van der Waals surface area contributed by atoms with E-state index >= 15 is 0 Å². The number of aryl methyl sites for hydroxylation is 1. The fraction of sp³-hybridized carbons (Fsp3) is 0.500. The predicted octanol–water partition coefficient (Wildman–Crippen LogP) is -0.429. The van der Waals surface area contributed by atoms with Gasteiger partial charge in [-0.15, -0.1) is 0 Å². The Hall–Kier alpha value is -1.46. The molecule has 0 spiro atoms. The van der Waals surface area contributed by atoms with Gasteiger partial charge in [-0.3, -0.25) is 0 Å². The lowest BCUT2D eigenvalue weighted by Crippen LogP contribution is -3.00. The maximum Gasteiger partial charge on any atom is 0.321 e. The van der Waals surface area contributed by atoms with Crippen LogP contribution in [-0.2, 0) is 4.74 Å². The molecule has 1 rings (SSSR count). The number of ether oxygens (including phenoxy) is 1. The lowest BCUT2D eigenvalue weighted by atomic mass is 10.1. The molecule has 0 heterocycles. The van der Waals surface area contributed by atoms with Gasteiger partial charge in [0.05, 0.1) is 0 Å². The van der Waals surface area contributed by atoms with Crippen molar-refractivity contribution in [3.63, 3.8) is 0 Å². The molecule has 5 nitrogen and oxygen atoms in total. The highest BCUT2D eigenvalue weighted by Crippen LogP contribution is 2.22. The van der Waals surface area contributed by atoms with Crippen molar-refractivity contribution in [3.8, 4) is 0 Å². The highest BCUT2D eigenvalue weighted by Gasteiger charge is 2.07. The third-order valence-electron chi connectivity index (χ3n) is 2.96. The van der Waals surface area contributed by atoms with E-state index < -0.39 is 0 Å². The van der Waals surface area contributed by atoms with Gasteiger partial charge in [0.25, 0.3) is 0 Å². The van der Waals surface area contributed by atoms with Crippen molar-refractivity contribution < 1.29 is 21.9 Å². The first-order chi connectivity index (χ1) is 9.12. The number of nitrogens with one attached hydrogen (secondary N) is 2. The van der Waals surface area contributed by atoms with Crippen LogP contribution in [0.5, 0.6) is 0 Å². The van der Waals surface area contributed by atoms with Crippen LogP contribution in [0.2, 0.25) is 0 Å². The Kier molecular flexibility index (Phi) is 8.76. The number of halogens is 1. The summed E-state index contributed by atoms with van der Waals surface area (Å²) in [4.78, 5) is 13.8. The summed E-state index contributed by atoms with van der Waals surface area (Å²) in [5, 5.41) is 5.38. The second-order valence-electron chi connectivity index (χ2n) is 4.24. The van der Waals surface area contributed by atoms with Gasteiger partial charge in [0.15, 0.2) is 0 Å². The molecule has 0 fully saturated rings. The molecule has 0 bridgehead atoms. The van der Waals surface area contributed by atoms with Crippen LogP contribution < -0.4 is 27.9 Å². The number of nitrogens with zero attached hydrogens (tertiary/aromatic N) is 1. The zero-order chi connectivity index (χ0) is 14.3. The van der Waals surface area contributed by atoms with Crippen molar-refractivity contribution in [1.29, 1.82) is 0 Å². The maximum atomic E-state index is 11.5. The Balaban J connectivity index is 0.00000361. The van der Waals surface area contributed by atoms with Crippen molar-refractivity contribution in [2.75, 3.05) is 37.1 Å². The molecular weight excluding hydrogens is 278 g/mol. The van der Waals surface area contributed by atoms with Crippen LogP contribution in [-0.4, -0.2) is 33.0 Å². The topological polar surface area (TPSA) is 53.6 Å². The van der Waals surface area contributed by atoms with E-state index in [1.54, 1.807) is 0 Å². The Bertz CT molecular complexity index is 423. The number of hydrogen-bond donors (Lipinski definition) is 2. The largest absolute Gasteiger partial charge is 1.00 e. The molecule has 0 atom stereocenters. The lowest BCUT2D eigenvalue weighted by molar-refractivity contribution is -0.00000804. The zero-order valence-corrected chi connectivity index (χ0v) is 13.3. The first-order valence-corrected chi connectivity index (χ1v) is 6.51. The Morgan fingerprint density at radius 1 is 1.30 bits per heavy atom. The molecule has 1 aromatic rings. The SMILES string of the molecule is CCN(CC)c1ccc(NC(=O)NCOC)c(C)c1.[Cl-]. The number of urea groups is 1. The molecule has 2 N–H and O–H groups in total. The molecule has 0 aliphatic rings. The molecule has 0 radical (unpaired) electrons. The summed E-state index contributed by atoms with van der Waals surface area (Å²) in [5.41, 5.74) is 3.02. The standard InChI is InChI=1S/C14H23N3O2.ClH/c1-5-17(6-2)12-7-8-13(11(3)9-12)16-14(18)15-10-19-4;/h7-9H,5-6,10H2,1-4H3,(H2,15,16,18);1H/p-1. The summed E-state index contributed by atoms with van der Waals surface area (Å²) >= 11 is 0. The van der Waals surface area contributed by atoms with Crippen LogP contribution in [0.15, 0.2) is 18.2 Å². The summed E-state index contributed by atoms with van der Waals surface area (Å²) in [5.74, 6) is 0. The van der Waals surface area contributed by atoms with Crippen LogP contribution >= 0.6 is 0 Å². The summed E-state index contributed by atoms with van der Waals surface area (Å²) < 4.78 is 4.78. The van der Waals surface area contributed by atoms with Crippen molar-refractivity contribution in [2.45, 2.75) is 20.8 Å². The van der Waals surface area contributed by atoms with Crippen molar-refractivity contribution in [3.05, 3.63) is 23.8 Å². The molecule has 114 valence electrons. The molecule has 0 aliphatic carbocycles. The molecule has 2 amide bonds. The average Bonchev–Trinajstić information content (AvgIpc) is 2.41. The predicted molar refractivity (Wildman–Crippen MR) is 78.8 cm³/mol. The van der Waals surface area contributed by atoms with E-state index in [1.807, 2.05) is 19.1 Å². The number of amides is 2. The monoisotopic (exact) mass is 300 g/mol. The summed E-state index contributed by atoms with van der Waals surface area (Å²) in [6.45, 7) is 8.38. The fourth-order valence-electron chi connectivity index (χ4n) is 1.88. The van der Waals surface area contributed by atoms with E-state index in [-0.39, 0.29) is 25.2 Å². The van der Waals surface area contributed by atoms with Gasteiger partial charge < -0.3 is 32.7 Å². The Morgan fingerprint density at radius 3 is 2.45 bits per heavy atom. The molecule has 20 heavy (non-hydrogen) atoms. The number of methoxy groups -OCH3 is 1. The van der Waals surface area contributed by atoms with Crippen LogP contribution in [0.25, 0.3) is 0 Å². The molecule has 0 aromatic heterocycles. The van der Waals surface area contributed by atoms with Gasteiger partial charge in [-0.25, -0.2) is 4.79 Å². The second-order valence-corrected chi connectivity index (χ2v) is 4.24. The zero-order valence-electron chi connectivity index (χ0n) is 12.5. The minimum absolute atomic E-state index is 0. The molecule has 1 aromatic carbocycles. The first kappa shape index (κ1) is 18.5. The third kappa shape index (κ3) is 5.27. The minimum atomic E-state index is -0.263. The third-order valence-corrected chi connectivity index (χ3v) is 2.96. The quantitative estimate of drug-likeness (QED) is 0.701. The number of carbonyl (C=O) groups excluding carboxylic acids is 1. The minimum Gasteiger partial charge on any atom is -1.00 e. The van der Waals surface area contributed by atoms with E-state index in [4.69, 9.17) is 4.74 Å². The van der Waals surface area contributed by atoms with E-state index in [0.29, 0.717) is 0 Å². The molecule has 0 saturated heterocycles. The van der Waals surface area contributed by atoms with Gasteiger partial charge in [0, 0.05) is 31.6 Å². The van der Waals surface area contributed by atoms with Gasteiger partial charge in [-0.1, -0.05) is 0 Å². The smallest absolute Gasteiger partial charge is 0.321 e. The van der Waals surface area contributed by atoms with Gasteiger partial charge in [0.1, 0.15) is 6.73 Å². The van der Waals surface area contributed by atoms with E-state index in [1.165, 1.54) is 12.8 Å². The van der Waals surface area contributed by atoms with Crippen molar-refractivity contribution in [2.24, 2.45) is 0 Å². The normalized spacial score (nSPS) is 9.60. The molecule has 0 unspecified atom stereocenters. The molecular formula is C14H23ClN3O2-. The lowest BCUT2D eigenvalue weighted by Gasteiger charge is -2.22. The van der Waals surface area contributed by atoms with Crippen LogP contribution in [0, 0.1) is 6.92 Å². The van der Waals surface area contributed by atoms with Crippen LogP contribution in [0.1, 0.15) is 19.4 Å². The number of hydrogen-bond acceptors (Lipinski definition) is 3. The summed E-state index contributed by atoms with van der Waals surface area (Å²) in [7, 11) is 1.53. The highest BCUT2D eigenvalue weighted by atomic mass is 35.5. The van der Waals surface area contributed by atoms with E-state index in [0.717, 1.165) is 24.3 Å². The highest BCUT2D eigenvalue weighted by molar-refractivity contribution is 5.90. The number of benzene rings is 1. The summed E-state index contributed by atoms with van der Waals surface area (Å²) in [6.07, 6.45) is 0. The van der Waals surface area contributed by atoms with Crippen LogP contribution in [0.4, 0.5) is 16.2 Å². The van der Waals surface area contributed by atoms with E-state index in [9.17, 15) is 4.79 Å². The van der Waals surface area contributed by atoms with E-state index in [2.05, 4.69) is 35.4 Å². The maximum absolute atomic E-state index is 11.5. The number of anilines is 2. The molecule has 6 heteroatoms. The molecule has 0 saturated carbocycles. The van der Waals surface area contributed by atoms with Crippen molar-refractivity contribution >= 4 is 17.4 Å². The number of rotatable bonds is 6. The van der Waals surface area contributed by atoms with Crippen molar-refractivity contribution in [1.82, 2.24) is 5.32 Å². The first-order valence-electron chi connectivity index (χ1n) is 6.51.